The highest BCUT2D eigenvalue weighted by atomic mass is 19.1. The molecule has 1 amide bonds. The molecule has 1 aliphatic rings. The Morgan fingerprint density at radius 1 is 1.31 bits per heavy atom. The Kier molecular flexibility index (Phi) is 4.38. The molecule has 29 heavy (non-hydrogen) atoms. The third-order valence-electron chi connectivity index (χ3n) is 6.70. The van der Waals surface area contributed by atoms with Gasteiger partial charge in [-0.3, -0.25) is 4.79 Å². The molecule has 2 heterocycles. The Bertz CT molecular complexity index is 1100. The molecule has 0 spiro atoms. The van der Waals surface area contributed by atoms with E-state index >= 15 is 0 Å². The molecule has 2 atom stereocenters. The molecule has 1 aromatic carbocycles. The van der Waals surface area contributed by atoms with Gasteiger partial charge in [0, 0.05) is 34.3 Å². The summed E-state index contributed by atoms with van der Waals surface area (Å²) >= 11 is 0. The van der Waals surface area contributed by atoms with Crippen LogP contribution in [0, 0.1) is 11.2 Å². The fourth-order valence-corrected chi connectivity index (χ4v) is 4.19. The summed E-state index contributed by atoms with van der Waals surface area (Å²) in [6.45, 7) is 6.31. The molecule has 6 nitrogen and oxygen atoms in total. The number of nitrogens with zero attached hydrogens (tertiary/aromatic N) is 2. The molecule has 1 aliphatic carbocycles. The highest BCUT2D eigenvalue weighted by molar-refractivity contribution is 6.02. The quantitative estimate of drug-likeness (QED) is 0.629. The number of hydrogen-bond donors (Lipinski definition) is 3. The molecule has 5 N–H and O–H groups in total. The van der Waals surface area contributed by atoms with E-state index in [9.17, 15) is 9.18 Å². The van der Waals surface area contributed by atoms with Crippen LogP contribution in [0.5, 0.6) is 0 Å². The van der Waals surface area contributed by atoms with Crippen molar-refractivity contribution < 1.29 is 9.18 Å². The minimum atomic E-state index is -0.567. The van der Waals surface area contributed by atoms with E-state index in [2.05, 4.69) is 31.2 Å². The topological polar surface area (TPSA) is 98.4 Å². The van der Waals surface area contributed by atoms with Gasteiger partial charge >= 0.3 is 0 Å². The van der Waals surface area contributed by atoms with Crippen molar-refractivity contribution in [3.05, 3.63) is 54.1 Å². The normalized spacial score (nSPS) is 23.4. The Labute approximate surface area is 169 Å². The number of primary amides is 1. The number of nitrogens with two attached hydrogens (primary N) is 2. The third-order valence-corrected chi connectivity index (χ3v) is 6.70. The van der Waals surface area contributed by atoms with Gasteiger partial charge in [0.15, 0.2) is 0 Å². The minimum Gasteiger partial charge on any atom is -0.379 e. The van der Waals surface area contributed by atoms with E-state index in [4.69, 9.17) is 11.5 Å². The lowest BCUT2D eigenvalue weighted by Crippen LogP contribution is -2.51. The number of fused-ring (bicyclic) bond motifs is 1. The molecule has 4 rings (SSSR count). The largest absolute Gasteiger partial charge is 0.379 e. The molecule has 0 saturated heterocycles. The van der Waals surface area contributed by atoms with Crippen molar-refractivity contribution in [1.29, 1.82) is 0 Å². The first-order valence-corrected chi connectivity index (χ1v) is 9.73. The number of aromatic nitrogens is 2. The molecular formula is C22H26FN5O. The van der Waals surface area contributed by atoms with Gasteiger partial charge in [0.25, 0.3) is 5.91 Å². The van der Waals surface area contributed by atoms with E-state index in [1.54, 1.807) is 28.9 Å². The van der Waals surface area contributed by atoms with E-state index in [0.29, 0.717) is 27.9 Å². The first kappa shape index (κ1) is 19.4. The second-order valence-corrected chi connectivity index (χ2v) is 8.71. The van der Waals surface area contributed by atoms with Crippen LogP contribution in [0.3, 0.4) is 0 Å². The van der Waals surface area contributed by atoms with Crippen LogP contribution in [-0.4, -0.2) is 27.1 Å². The summed E-state index contributed by atoms with van der Waals surface area (Å²) in [5, 5.41) is 7.83. The Morgan fingerprint density at radius 3 is 2.66 bits per heavy atom. The van der Waals surface area contributed by atoms with Crippen LogP contribution in [0.1, 0.15) is 44.0 Å². The monoisotopic (exact) mass is 395 g/mol. The van der Waals surface area contributed by atoms with Crippen LogP contribution in [0.15, 0.2) is 42.7 Å². The lowest BCUT2D eigenvalue weighted by molar-refractivity contribution is 0.100. The molecule has 0 radical (unpaired) electrons. The number of carbonyl (C=O) groups is 1. The van der Waals surface area contributed by atoms with Crippen molar-refractivity contribution in [2.24, 2.45) is 16.9 Å². The lowest BCUT2D eigenvalue weighted by atomic mass is 9.75. The van der Waals surface area contributed by atoms with Crippen molar-refractivity contribution in [3.63, 3.8) is 0 Å². The maximum atomic E-state index is 14.3. The predicted molar refractivity (Wildman–Crippen MR) is 112 cm³/mol. The van der Waals surface area contributed by atoms with Crippen LogP contribution in [-0.2, 0) is 0 Å². The number of benzene rings is 1. The van der Waals surface area contributed by atoms with E-state index in [0.717, 1.165) is 12.8 Å². The van der Waals surface area contributed by atoms with Crippen molar-refractivity contribution in [2.45, 2.75) is 45.2 Å². The fourth-order valence-electron chi connectivity index (χ4n) is 4.19. The van der Waals surface area contributed by atoms with E-state index in [1.165, 1.54) is 12.3 Å². The molecule has 2 aromatic heterocycles. The summed E-state index contributed by atoms with van der Waals surface area (Å²) in [5.41, 5.74) is 14.3. The van der Waals surface area contributed by atoms with Crippen LogP contribution in [0.2, 0.25) is 0 Å². The summed E-state index contributed by atoms with van der Waals surface area (Å²) in [5.74, 6) is -0.883. The molecule has 3 aromatic rings. The molecule has 7 heteroatoms. The number of nitrogens with one attached hydrogen (secondary N) is 1. The van der Waals surface area contributed by atoms with Gasteiger partial charge in [-0.15, -0.1) is 0 Å². The third kappa shape index (κ3) is 3.06. The zero-order valence-electron chi connectivity index (χ0n) is 16.9. The summed E-state index contributed by atoms with van der Waals surface area (Å²) < 4.78 is 15.9. The molecular weight excluding hydrogens is 369 g/mol. The maximum Gasteiger partial charge on any atom is 0.252 e. The molecule has 0 aliphatic heterocycles. The summed E-state index contributed by atoms with van der Waals surface area (Å²) in [4.78, 5) is 12.1. The first-order chi connectivity index (χ1) is 13.6. The van der Waals surface area contributed by atoms with Gasteiger partial charge in [-0.1, -0.05) is 32.0 Å². The van der Waals surface area contributed by atoms with Gasteiger partial charge in [0.2, 0.25) is 0 Å². The van der Waals surface area contributed by atoms with Crippen LogP contribution >= 0.6 is 0 Å². The van der Waals surface area contributed by atoms with Crippen molar-refractivity contribution in [3.8, 4) is 11.1 Å². The van der Waals surface area contributed by atoms with Gasteiger partial charge in [-0.05, 0) is 31.9 Å². The highest BCUT2D eigenvalue weighted by Gasteiger charge is 2.49. The second-order valence-electron chi connectivity index (χ2n) is 8.71. The number of halogens is 1. The summed E-state index contributed by atoms with van der Waals surface area (Å²) in [6.07, 6.45) is 4.93. The van der Waals surface area contributed by atoms with E-state index in [-0.39, 0.29) is 22.8 Å². The van der Waals surface area contributed by atoms with Crippen LogP contribution in [0.4, 0.5) is 10.1 Å². The van der Waals surface area contributed by atoms with E-state index in [1.807, 2.05) is 6.07 Å². The average Bonchev–Trinajstić information content (AvgIpc) is 3.16. The molecule has 0 unspecified atom stereocenters. The second kappa shape index (κ2) is 6.56. The molecule has 152 valence electrons. The molecule has 1 fully saturated rings. The Balaban J connectivity index is 1.84. The van der Waals surface area contributed by atoms with E-state index < -0.39 is 5.91 Å². The molecule has 1 saturated carbocycles. The lowest BCUT2D eigenvalue weighted by Gasteiger charge is -2.39. The van der Waals surface area contributed by atoms with Gasteiger partial charge in [0.05, 0.1) is 23.0 Å². The van der Waals surface area contributed by atoms with Gasteiger partial charge in [-0.25, -0.2) is 8.91 Å². The van der Waals surface area contributed by atoms with Gasteiger partial charge in [0.1, 0.15) is 5.82 Å². The Morgan fingerprint density at radius 2 is 2.03 bits per heavy atom. The summed E-state index contributed by atoms with van der Waals surface area (Å²) in [6, 6.07) is 8.44. The number of rotatable bonds is 4. The van der Waals surface area contributed by atoms with Gasteiger partial charge < -0.3 is 16.8 Å². The van der Waals surface area contributed by atoms with Crippen LogP contribution in [0.25, 0.3) is 16.6 Å². The zero-order valence-corrected chi connectivity index (χ0v) is 16.9. The fraction of sp³-hybridized carbons (Fsp3) is 0.364. The smallest absolute Gasteiger partial charge is 0.252 e. The SMILES string of the molecule is CC1(C)[C@H](Nc2c(C(N)=O)cnn3cc(-c4ccccc4F)cc23)CC[C@]1(C)N. The standard InChI is InChI=1S/C22H26FN5O/c1-21(2)18(8-9-22(21,3)25)27-19-15(20(24)29)11-26-28-12-13(10-17(19)28)14-6-4-5-7-16(14)23/h4-7,10-12,18,27H,8-9,25H2,1-3H3,(H2,24,29)/t18-,22+/m1/s1. The number of amides is 1. The summed E-state index contributed by atoms with van der Waals surface area (Å²) in [7, 11) is 0. The number of hydrogen-bond acceptors (Lipinski definition) is 4. The van der Waals surface area contributed by atoms with Gasteiger partial charge in [-0.2, -0.15) is 5.10 Å². The minimum absolute atomic E-state index is 0.0496. The number of anilines is 1. The predicted octanol–water partition coefficient (Wildman–Crippen LogP) is 3.56. The maximum absolute atomic E-state index is 14.3. The average molecular weight is 395 g/mol. The zero-order chi connectivity index (χ0) is 21.0. The number of carbonyl (C=O) groups excluding carboxylic acids is 1. The first-order valence-electron chi connectivity index (χ1n) is 9.73. The van der Waals surface area contributed by atoms with Crippen LogP contribution < -0.4 is 16.8 Å². The Hall–Kier alpha value is -2.93. The molecule has 0 bridgehead atoms. The highest BCUT2D eigenvalue weighted by Crippen LogP contribution is 2.46. The van der Waals surface area contributed by atoms with Crippen molar-refractivity contribution in [2.75, 3.05) is 5.32 Å². The van der Waals surface area contributed by atoms with Crippen molar-refractivity contribution >= 4 is 17.1 Å². The van der Waals surface area contributed by atoms with Crippen molar-refractivity contribution in [1.82, 2.24) is 9.61 Å².